The molecule has 1 saturated heterocycles. The predicted molar refractivity (Wildman–Crippen MR) is 74.6 cm³/mol. The van der Waals surface area contributed by atoms with E-state index in [0.717, 1.165) is 19.5 Å². The highest BCUT2D eigenvalue weighted by Crippen LogP contribution is 2.24. The van der Waals surface area contributed by atoms with Gasteiger partial charge in [-0.3, -0.25) is 9.59 Å². The summed E-state index contributed by atoms with van der Waals surface area (Å²) in [5, 5.41) is 0. The highest BCUT2D eigenvalue weighted by Gasteiger charge is 2.28. The van der Waals surface area contributed by atoms with E-state index in [0.29, 0.717) is 11.8 Å². The number of amides is 1. The smallest absolute Gasteiger partial charge is 0.306 e. The third kappa shape index (κ3) is 5.62. The first-order valence-electron chi connectivity index (χ1n) is 7.18. The minimum Gasteiger partial charge on any atom is -0.460 e. The van der Waals surface area contributed by atoms with Crippen molar-refractivity contribution in [1.29, 1.82) is 0 Å². The Hall–Kier alpha value is -1.06. The lowest BCUT2D eigenvalue weighted by atomic mass is 9.95. The number of rotatable bonds is 4. The highest BCUT2D eigenvalue weighted by atomic mass is 16.6. The lowest BCUT2D eigenvalue weighted by molar-refractivity contribution is -0.156. The topological polar surface area (TPSA) is 46.6 Å². The van der Waals surface area contributed by atoms with Crippen molar-refractivity contribution in [2.75, 3.05) is 13.1 Å². The fourth-order valence-electron chi connectivity index (χ4n) is 2.32. The van der Waals surface area contributed by atoms with E-state index in [1.54, 1.807) is 0 Å². The molecule has 1 aliphatic rings. The molecule has 4 nitrogen and oxygen atoms in total. The summed E-state index contributed by atoms with van der Waals surface area (Å²) < 4.78 is 5.20. The average Bonchev–Trinajstić information content (AvgIpc) is 2.72. The average molecular weight is 269 g/mol. The molecule has 1 fully saturated rings. The molecule has 0 aromatic rings. The Bertz CT molecular complexity index is 331. The Labute approximate surface area is 116 Å². The number of esters is 1. The zero-order valence-corrected chi connectivity index (χ0v) is 12.9. The molecular weight excluding hydrogens is 242 g/mol. The molecule has 1 rings (SSSR count). The summed E-state index contributed by atoms with van der Waals surface area (Å²) in [4.78, 5) is 25.4. The zero-order valence-electron chi connectivity index (χ0n) is 12.9. The molecule has 1 aliphatic heterocycles. The second kappa shape index (κ2) is 6.40. The van der Waals surface area contributed by atoms with Crippen LogP contribution in [-0.4, -0.2) is 35.5 Å². The van der Waals surface area contributed by atoms with Crippen LogP contribution in [0.15, 0.2) is 0 Å². The van der Waals surface area contributed by atoms with Crippen LogP contribution >= 0.6 is 0 Å². The first kappa shape index (κ1) is 16.0. The minimum atomic E-state index is -0.476. The quantitative estimate of drug-likeness (QED) is 0.737. The molecule has 1 unspecified atom stereocenters. The monoisotopic (exact) mass is 269 g/mol. The van der Waals surface area contributed by atoms with Crippen molar-refractivity contribution < 1.29 is 14.3 Å². The zero-order chi connectivity index (χ0) is 14.6. The van der Waals surface area contributed by atoms with Gasteiger partial charge in [0.15, 0.2) is 0 Å². The fraction of sp³-hybridized carbons (Fsp3) is 0.867. The van der Waals surface area contributed by atoms with E-state index in [2.05, 4.69) is 13.8 Å². The van der Waals surface area contributed by atoms with Crippen molar-refractivity contribution in [2.45, 2.75) is 59.5 Å². The van der Waals surface area contributed by atoms with Gasteiger partial charge in [-0.1, -0.05) is 13.8 Å². The van der Waals surface area contributed by atoms with Crippen molar-refractivity contribution in [2.24, 2.45) is 11.8 Å². The third-order valence-electron chi connectivity index (χ3n) is 3.48. The van der Waals surface area contributed by atoms with Crippen LogP contribution in [0.5, 0.6) is 0 Å². The molecule has 110 valence electrons. The summed E-state index contributed by atoms with van der Waals surface area (Å²) in [5.41, 5.74) is -0.476. The first-order valence-corrected chi connectivity index (χ1v) is 7.18. The van der Waals surface area contributed by atoms with Gasteiger partial charge in [0.05, 0.1) is 6.42 Å². The van der Waals surface area contributed by atoms with Crippen molar-refractivity contribution in [3.63, 3.8) is 0 Å². The van der Waals surface area contributed by atoms with Gasteiger partial charge in [0, 0.05) is 19.5 Å². The van der Waals surface area contributed by atoms with Gasteiger partial charge in [0.25, 0.3) is 0 Å². The van der Waals surface area contributed by atoms with Crippen molar-refractivity contribution in [3.8, 4) is 0 Å². The van der Waals surface area contributed by atoms with Gasteiger partial charge in [0.1, 0.15) is 5.60 Å². The van der Waals surface area contributed by atoms with Crippen LogP contribution in [0.1, 0.15) is 53.9 Å². The molecule has 0 radical (unpaired) electrons. The van der Waals surface area contributed by atoms with Crippen molar-refractivity contribution in [3.05, 3.63) is 0 Å². The number of nitrogens with zero attached hydrogens (tertiary/aromatic N) is 1. The van der Waals surface area contributed by atoms with Gasteiger partial charge in [-0.25, -0.2) is 0 Å². The van der Waals surface area contributed by atoms with E-state index >= 15 is 0 Å². The number of carbonyl (C=O) groups is 2. The molecule has 1 atom stereocenters. The Morgan fingerprint density at radius 3 is 2.37 bits per heavy atom. The van der Waals surface area contributed by atoms with Crippen molar-refractivity contribution in [1.82, 2.24) is 4.90 Å². The van der Waals surface area contributed by atoms with Crippen LogP contribution in [0.3, 0.4) is 0 Å². The van der Waals surface area contributed by atoms with Gasteiger partial charge in [0.2, 0.25) is 5.91 Å². The summed E-state index contributed by atoms with van der Waals surface area (Å²) in [7, 11) is 0. The van der Waals surface area contributed by atoms with E-state index in [1.807, 2.05) is 25.7 Å². The minimum absolute atomic E-state index is 0.0778. The lowest BCUT2D eigenvalue weighted by Crippen LogP contribution is -2.30. The molecule has 1 heterocycles. The highest BCUT2D eigenvalue weighted by molar-refractivity contribution is 5.81. The maximum absolute atomic E-state index is 12.0. The molecule has 4 heteroatoms. The summed E-state index contributed by atoms with van der Waals surface area (Å²) in [6, 6.07) is 0. The molecule has 0 spiro atoms. The van der Waals surface area contributed by atoms with Gasteiger partial charge < -0.3 is 9.64 Å². The van der Waals surface area contributed by atoms with Crippen LogP contribution in [0.25, 0.3) is 0 Å². The largest absolute Gasteiger partial charge is 0.460 e. The van der Waals surface area contributed by atoms with Gasteiger partial charge in [-0.15, -0.1) is 0 Å². The Morgan fingerprint density at radius 2 is 1.89 bits per heavy atom. The van der Waals surface area contributed by atoms with E-state index in [-0.39, 0.29) is 24.7 Å². The Kier molecular flexibility index (Phi) is 5.39. The van der Waals surface area contributed by atoms with Crippen LogP contribution in [0, 0.1) is 11.8 Å². The van der Waals surface area contributed by atoms with Gasteiger partial charge in [-0.05, 0) is 39.0 Å². The lowest BCUT2D eigenvalue weighted by Gasteiger charge is -2.20. The third-order valence-corrected chi connectivity index (χ3v) is 3.48. The molecule has 0 bridgehead atoms. The molecule has 0 saturated carbocycles. The summed E-state index contributed by atoms with van der Waals surface area (Å²) in [5.74, 6) is 1.00. The van der Waals surface area contributed by atoms with E-state index in [4.69, 9.17) is 4.74 Å². The maximum Gasteiger partial charge on any atom is 0.306 e. The molecule has 0 aromatic carbocycles. The van der Waals surface area contributed by atoms with E-state index in [1.165, 1.54) is 0 Å². The normalized spacial score (nSPS) is 19.9. The van der Waals surface area contributed by atoms with Gasteiger partial charge in [-0.2, -0.15) is 0 Å². The fourth-order valence-corrected chi connectivity index (χ4v) is 2.32. The number of hydrogen-bond donors (Lipinski definition) is 0. The molecular formula is C15H27NO3. The summed E-state index contributed by atoms with van der Waals surface area (Å²) in [6.07, 6.45) is 1.52. The van der Waals surface area contributed by atoms with Crippen LogP contribution in [0.4, 0.5) is 0 Å². The van der Waals surface area contributed by atoms with Crippen molar-refractivity contribution >= 4 is 11.9 Å². The predicted octanol–water partition coefficient (Wildman–Crippen LogP) is 2.61. The number of hydrogen-bond acceptors (Lipinski definition) is 3. The maximum atomic E-state index is 12.0. The Morgan fingerprint density at radius 1 is 1.26 bits per heavy atom. The first-order chi connectivity index (χ1) is 8.69. The number of carbonyl (C=O) groups excluding carboxylic acids is 2. The summed E-state index contributed by atoms with van der Waals surface area (Å²) in [6.45, 7) is 11.6. The summed E-state index contributed by atoms with van der Waals surface area (Å²) >= 11 is 0. The molecule has 0 aliphatic carbocycles. The second-order valence-corrected chi connectivity index (χ2v) is 6.72. The second-order valence-electron chi connectivity index (χ2n) is 6.72. The molecule has 0 N–H and O–H groups in total. The number of ether oxygens (including phenoxy) is 1. The SMILES string of the molecule is CC(C)C1CCN(C(=O)CCC(=O)OC(C)(C)C)C1. The standard InChI is InChI=1S/C15H27NO3/c1-11(2)12-8-9-16(10-12)13(17)6-7-14(18)19-15(3,4)5/h11-12H,6-10H2,1-5H3. The molecule has 19 heavy (non-hydrogen) atoms. The van der Waals surface area contributed by atoms with E-state index < -0.39 is 5.60 Å². The van der Waals surface area contributed by atoms with Gasteiger partial charge >= 0.3 is 5.97 Å². The van der Waals surface area contributed by atoms with Crippen LogP contribution < -0.4 is 0 Å². The number of likely N-dealkylation sites (tertiary alicyclic amines) is 1. The van der Waals surface area contributed by atoms with Crippen LogP contribution in [0.2, 0.25) is 0 Å². The Balaban J connectivity index is 2.31. The molecule has 0 aromatic heterocycles. The molecule has 1 amide bonds. The van der Waals surface area contributed by atoms with Crippen LogP contribution in [-0.2, 0) is 14.3 Å². The van der Waals surface area contributed by atoms with E-state index in [9.17, 15) is 9.59 Å².